The minimum absolute atomic E-state index is 0. The summed E-state index contributed by atoms with van der Waals surface area (Å²) >= 11 is 0. The molecule has 0 fully saturated rings. The van der Waals surface area contributed by atoms with Crippen molar-refractivity contribution in [2.45, 2.75) is 25.9 Å². The van der Waals surface area contributed by atoms with Crippen LogP contribution in [-0.4, -0.2) is 30.9 Å². The summed E-state index contributed by atoms with van der Waals surface area (Å²) in [4.78, 5) is 13.6. The van der Waals surface area contributed by atoms with Crippen LogP contribution in [0.3, 0.4) is 0 Å². The molecule has 0 aliphatic carbocycles. The van der Waals surface area contributed by atoms with E-state index in [9.17, 15) is 4.79 Å². The van der Waals surface area contributed by atoms with Crippen molar-refractivity contribution in [1.29, 1.82) is 0 Å². The third-order valence-electron chi connectivity index (χ3n) is 2.22. The summed E-state index contributed by atoms with van der Waals surface area (Å²) in [5.41, 5.74) is 7.58. The highest BCUT2D eigenvalue weighted by atomic mass is 35.5. The molecule has 0 heterocycles. The van der Waals surface area contributed by atoms with Gasteiger partial charge in [0.15, 0.2) is 0 Å². The quantitative estimate of drug-likeness (QED) is 0.877. The standard InChI is InChI=1S/C13H21N3O.2ClH/c1-10(14)7-13(17)15-12-6-4-5-11(8-12)9-16(2)3;;/h4-6,8,10H,7,9,14H2,1-3H3,(H,15,17);2*1H. The zero-order valence-electron chi connectivity index (χ0n) is 11.6. The number of anilines is 1. The number of hydrogen-bond acceptors (Lipinski definition) is 3. The zero-order valence-corrected chi connectivity index (χ0v) is 13.2. The molecule has 1 atom stereocenters. The summed E-state index contributed by atoms with van der Waals surface area (Å²) in [6.45, 7) is 2.68. The number of rotatable bonds is 5. The van der Waals surface area contributed by atoms with Gasteiger partial charge >= 0.3 is 0 Å². The van der Waals surface area contributed by atoms with Crippen molar-refractivity contribution >= 4 is 36.4 Å². The van der Waals surface area contributed by atoms with E-state index in [0.717, 1.165) is 12.2 Å². The van der Waals surface area contributed by atoms with Gasteiger partial charge in [0.05, 0.1) is 0 Å². The van der Waals surface area contributed by atoms with E-state index < -0.39 is 0 Å². The molecule has 1 unspecified atom stereocenters. The minimum Gasteiger partial charge on any atom is -0.327 e. The predicted molar refractivity (Wildman–Crippen MR) is 85.2 cm³/mol. The van der Waals surface area contributed by atoms with Crippen LogP contribution < -0.4 is 11.1 Å². The van der Waals surface area contributed by atoms with E-state index in [1.807, 2.05) is 45.3 Å². The van der Waals surface area contributed by atoms with Crippen LogP contribution in [0.2, 0.25) is 0 Å². The molecule has 0 aromatic heterocycles. The molecule has 6 heteroatoms. The molecule has 3 N–H and O–H groups in total. The van der Waals surface area contributed by atoms with E-state index in [4.69, 9.17) is 5.73 Å². The first-order valence-corrected chi connectivity index (χ1v) is 5.76. The van der Waals surface area contributed by atoms with Crippen LogP contribution in [0.1, 0.15) is 18.9 Å². The third kappa shape index (κ3) is 8.83. The fourth-order valence-corrected chi connectivity index (χ4v) is 1.62. The normalized spacial score (nSPS) is 11.2. The number of nitrogens with two attached hydrogens (primary N) is 1. The van der Waals surface area contributed by atoms with Crippen LogP contribution in [0.25, 0.3) is 0 Å². The second kappa shape index (κ2) is 10.0. The van der Waals surface area contributed by atoms with Gasteiger partial charge in [-0.2, -0.15) is 0 Å². The maximum Gasteiger partial charge on any atom is 0.225 e. The van der Waals surface area contributed by atoms with Crippen LogP contribution in [0, 0.1) is 0 Å². The second-order valence-corrected chi connectivity index (χ2v) is 4.67. The van der Waals surface area contributed by atoms with Gasteiger partial charge in [0.1, 0.15) is 0 Å². The Labute approximate surface area is 127 Å². The molecule has 1 amide bonds. The Morgan fingerprint density at radius 2 is 2.00 bits per heavy atom. The Morgan fingerprint density at radius 3 is 2.53 bits per heavy atom. The molecule has 110 valence electrons. The van der Waals surface area contributed by atoms with Crippen molar-refractivity contribution in [3.8, 4) is 0 Å². The molecular weight excluding hydrogens is 285 g/mol. The summed E-state index contributed by atoms with van der Waals surface area (Å²) in [7, 11) is 4.03. The van der Waals surface area contributed by atoms with Gasteiger partial charge in [0.2, 0.25) is 5.91 Å². The molecule has 1 rings (SSSR count). The molecule has 0 aliphatic rings. The van der Waals surface area contributed by atoms with Gasteiger partial charge in [-0.15, -0.1) is 24.8 Å². The van der Waals surface area contributed by atoms with Gasteiger partial charge in [0.25, 0.3) is 0 Å². The smallest absolute Gasteiger partial charge is 0.225 e. The minimum atomic E-state index is -0.111. The highest BCUT2D eigenvalue weighted by Crippen LogP contribution is 2.12. The maximum absolute atomic E-state index is 11.6. The Kier molecular flexibility index (Phi) is 10.8. The van der Waals surface area contributed by atoms with Crippen molar-refractivity contribution in [3.05, 3.63) is 29.8 Å². The van der Waals surface area contributed by atoms with Crippen molar-refractivity contribution in [2.24, 2.45) is 5.73 Å². The lowest BCUT2D eigenvalue weighted by Gasteiger charge is -2.12. The molecule has 4 nitrogen and oxygen atoms in total. The number of nitrogens with one attached hydrogen (secondary N) is 1. The average Bonchev–Trinajstić information content (AvgIpc) is 2.14. The van der Waals surface area contributed by atoms with Gasteiger partial charge < -0.3 is 16.0 Å². The summed E-state index contributed by atoms with van der Waals surface area (Å²) in [5.74, 6) is -0.0398. The van der Waals surface area contributed by atoms with E-state index in [-0.39, 0.29) is 36.8 Å². The first-order valence-electron chi connectivity index (χ1n) is 5.76. The first-order chi connectivity index (χ1) is 7.97. The van der Waals surface area contributed by atoms with Crippen LogP contribution in [0.15, 0.2) is 24.3 Å². The lowest BCUT2D eigenvalue weighted by Crippen LogP contribution is -2.24. The molecule has 0 saturated heterocycles. The van der Waals surface area contributed by atoms with Gasteiger partial charge in [-0.1, -0.05) is 12.1 Å². The number of amides is 1. The molecule has 0 bridgehead atoms. The molecule has 1 aromatic carbocycles. The van der Waals surface area contributed by atoms with Crippen LogP contribution in [-0.2, 0) is 11.3 Å². The van der Waals surface area contributed by atoms with E-state index in [0.29, 0.717) is 6.42 Å². The Balaban J connectivity index is 0. The molecule has 0 saturated carbocycles. The van der Waals surface area contributed by atoms with Crippen LogP contribution >= 0.6 is 24.8 Å². The largest absolute Gasteiger partial charge is 0.327 e. The van der Waals surface area contributed by atoms with E-state index >= 15 is 0 Å². The highest BCUT2D eigenvalue weighted by molar-refractivity contribution is 5.91. The number of nitrogens with zero attached hydrogens (tertiary/aromatic N) is 1. The second-order valence-electron chi connectivity index (χ2n) is 4.67. The molecule has 0 spiro atoms. The van der Waals surface area contributed by atoms with E-state index in [1.54, 1.807) is 0 Å². The zero-order chi connectivity index (χ0) is 12.8. The molecule has 0 radical (unpaired) electrons. The lowest BCUT2D eigenvalue weighted by molar-refractivity contribution is -0.116. The number of hydrogen-bond donors (Lipinski definition) is 2. The molecule has 1 aromatic rings. The van der Waals surface area contributed by atoms with E-state index in [2.05, 4.69) is 10.2 Å². The average molecular weight is 308 g/mol. The summed E-state index contributed by atoms with van der Waals surface area (Å²) in [6, 6.07) is 7.75. The predicted octanol–water partition coefficient (Wildman–Crippen LogP) is 2.27. The molecular formula is C13H23Cl2N3O. The summed E-state index contributed by atoms with van der Waals surface area (Å²) in [6.07, 6.45) is 0.345. The number of benzene rings is 1. The fraction of sp³-hybridized carbons (Fsp3) is 0.462. The first kappa shape index (κ1) is 20.5. The van der Waals surface area contributed by atoms with Crippen LogP contribution in [0.4, 0.5) is 5.69 Å². The van der Waals surface area contributed by atoms with Crippen molar-refractivity contribution in [1.82, 2.24) is 4.90 Å². The van der Waals surface area contributed by atoms with Crippen molar-refractivity contribution in [3.63, 3.8) is 0 Å². The summed E-state index contributed by atoms with van der Waals surface area (Å²) in [5, 5.41) is 2.85. The number of carbonyl (C=O) groups is 1. The molecule has 19 heavy (non-hydrogen) atoms. The third-order valence-corrected chi connectivity index (χ3v) is 2.22. The van der Waals surface area contributed by atoms with Gasteiger partial charge in [-0.3, -0.25) is 4.79 Å². The Morgan fingerprint density at radius 1 is 1.37 bits per heavy atom. The van der Waals surface area contributed by atoms with Gasteiger partial charge in [0, 0.05) is 24.7 Å². The summed E-state index contributed by atoms with van der Waals surface area (Å²) < 4.78 is 0. The topological polar surface area (TPSA) is 58.4 Å². The van der Waals surface area contributed by atoms with Crippen molar-refractivity contribution < 1.29 is 4.79 Å². The molecule has 0 aliphatic heterocycles. The number of halogens is 2. The van der Waals surface area contributed by atoms with Gasteiger partial charge in [-0.05, 0) is 38.7 Å². The maximum atomic E-state index is 11.6. The monoisotopic (exact) mass is 307 g/mol. The van der Waals surface area contributed by atoms with E-state index in [1.165, 1.54) is 5.56 Å². The Hall–Kier alpha value is -0.810. The van der Waals surface area contributed by atoms with Crippen molar-refractivity contribution in [2.75, 3.05) is 19.4 Å². The SMILES string of the molecule is CC(N)CC(=O)Nc1cccc(CN(C)C)c1.Cl.Cl. The van der Waals surface area contributed by atoms with Crippen LogP contribution in [0.5, 0.6) is 0 Å². The Bertz CT molecular complexity index is 384. The fourth-order valence-electron chi connectivity index (χ4n) is 1.62. The number of carbonyl (C=O) groups excluding carboxylic acids is 1. The highest BCUT2D eigenvalue weighted by Gasteiger charge is 2.05. The lowest BCUT2D eigenvalue weighted by atomic mass is 10.2. The van der Waals surface area contributed by atoms with Gasteiger partial charge in [-0.25, -0.2) is 0 Å².